The van der Waals surface area contributed by atoms with Crippen molar-refractivity contribution >= 4 is 11.0 Å². The minimum Gasteiger partial charge on any atom is -0.504 e. The molecule has 0 aliphatic heterocycles. The van der Waals surface area contributed by atoms with Crippen molar-refractivity contribution in [3.8, 4) is 45.8 Å². The molecular formula is C18H16O8. The van der Waals surface area contributed by atoms with E-state index < -0.39 is 22.7 Å². The molecule has 0 spiro atoms. The van der Waals surface area contributed by atoms with Gasteiger partial charge in [-0.2, -0.15) is 0 Å². The highest BCUT2D eigenvalue weighted by Gasteiger charge is 2.20. The van der Waals surface area contributed by atoms with Crippen LogP contribution < -0.4 is 19.6 Å². The Hall–Kier alpha value is -3.55. The van der Waals surface area contributed by atoms with Gasteiger partial charge in [-0.05, 0) is 12.1 Å². The summed E-state index contributed by atoms with van der Waals surface area (Å²) >= 11 is 0. The molecule has 0 saturated heterocycles. The third kappa shape index (κ3) is 2.61. The van der Waals surface area contributed by atoms with Crippen molar-refractivity contribution in [3.63, 3.8) is 0 Å². The van der Waals surface area contributed by atoms with Crippen LogP contribution in [0.15, 0.2) is 33.5 Å². The SMILES string of the molecule is COc1cc(-c2cc(=O)c3c(O)c(OC)c(OC)cc3o2)cc(O)c1O. The zero-order valence-corrected chi connectivity index (χ0v) is 14.2. The molecule has 0 atom stereocenters. The monoisotopic (exact) mass is 360 g/mol. The van der Waals surface area contributed by atoms with Crippen LogP contribution in [0.25, 0.3) is 22.3 Å². The fourth-order valence-corrected chi connectivity index (χ4v) is 2.64. The number of rotatable bonds is 4. The summed E-state index contributed by atoms with van der Waals surface area (Å²) in [6.07, 6.45) is 0. The molecule has 1 heterocycles. The zero-order valence-electron chi connectivity index (χ0n) is 14.2. The van der Waals surface area contributed by atoms with Gasteiger partial charge in [-0.3, -0.25) is 4.79 Å². The van der Waals surface area contributed by atoms with E-state index in [-0.39, 0.29) is 34.0 Å². The Kier molecular flexibility index (Phi) is 4.25. The number of ether oxygens (including phenoxy) is 3. The molecule has 0 fully saturated rings. The van der Waals surface area contributed by atoms with Crippen molar-refractivity contribution in [1.82, 2.24) is 0 Å². The third-order valence-corrected chi connectivity index (χ3v) is 3.90. The Morgan fingerprint density at radius 3 is 2.15 bits per heavy atom. The first kappa shape index (κ1) is 17.3. The normalized spacial score (nSPS) is 10.7. The molecule has 0 amide bonds. The lowest BCUT2D eigenvalue weighted by atomic mass is 10.1. The molecule has 3 N–H and O–H groups in total. The van der Waals surface area contributed by atoms with Gasteiger partial charge in [0.25, 0.3) is 0 Å². The Labute approximate surface area is 147 Å². The van der Waals surface area contributed by atoms with E-state index in [1.54, 1.807) is 0 Å². The number of fused-ring (bicyclic) bond motifs is 1. The van der Waals surface area contributed by atoms with Crippen molar-refractivity contribution in [2.75, 3.05) is 21.3 Å². The number of aromatic hydroxyl groups is 3. The van der Waals surface area contributed by atoms with Crippen molar-refractivity contribution in [3.05, 3.63) is 34.5 Å². The summed E-state index contributed by atoms with van der Waals surface area (Å²) in [6, 6.07) is 5.19. The molecule has 3 aromatic rings. The van der Waals surface area contributed by atoms with Crippen molar-refractivity contribution in [1.29, 1.82) is 0 Å². The van der Waals surface area contributed by atoms with Crippen LogP contribution in [0.4, 0.5) is 0 Å². The van der Waals surface area contributed by atoms with E-state index in [1.165, 1.54) is 39.5 Å². The van der Waals surface area contributed by atoms with Crippen molar-refractivity contribution < 1.29 is 33.9 Å². The Morgan fingerprint density at radius 1 is 0.846 bits per heavy atom. The Balaban J connectivity index is 2.31. The second-order valence-electron chi connectivity index (χ2n) is 5.35. The first-order chi connectivity index (χ1) is 12.4. The first-order valence-corrected chi connectivity index (χ1v) is 7.43. The second kappa shape index (κ2) is 6.40. The number of benzene rings is 2. The summed E-state index contributed by atoms with van der Waals surface area (Å²) in [5, 5.41) is 29.8. The quantitative estimate of drug-likeness (QED) is 0.608. The molecule has 2 aromatic carbocycles. The van der Waals surface area contributed by atoms with E-state index in [0.29, 0.717) is 5.56 Å². The van der Waals surface area contributed by atoms with Gasteiger partial charge in [0.1, 0.15) is 16.7 Å². The molecular weight excluding hydrogens is 344 g/mol. The highest BCUT2D eigenvalue weighted by atomic mass is 16.5. The summed E-state index contributed by atoms with van der Waals surface area (Å²) in [6.45, 7) is 0. The third-order valence-electron chi connectivity index (χ3n) is 3.90. The van der Waals surface area contributed by atoms with Gasteiger partial charge in [0, 0.05) is 17.7 Å². The average Bonchev–Trinajstić information content (AvgIpc) is 2.62. The molecule has 0 saturated carbocycles. The molecule has 0 unspecified atom stereocenters. The van der Waals surface area contributed by atoms with Crippen LogP contribution >= 0.6 is 0 Å². The lowest BCUT2D eigenvalue weighted by molar-refractivity contribution is 0.334. The smallest absolute Gasteiger partial charge is 0.204 e. The lowest BCUT2D eigenvalue weighted by Gasteiger charge is -2.12. The minimum atomic E-state index is -0.522. The van der Waals surface area contributed by atoms with Crippen LogP contribution in [0.1, 0.15) is 0 Å². The van der Waals surface area contributed by atoms with E-state index in [2.05, 4.69) is 0 Å². The number of methoxy groups -OCH3 is 3. The molecule has 8 nitrogen and oxygen atoms in total. The highest BCUT2D eigenvalue weighted by Crippen LogP contribution is 2.43. The van der Waals surface area contributed by atoms with Gasteiger partial charge in [0.15, 0.2) is 28.4 Å². The standard InChI is InChI=1S/C18H16O8/c1-23-13-5-8(4-10(20)16(13)21)11-6-9(19)15-12(26-11)7-14(24-2)18(25-3)17(15)22/h4-7,20-22H,1-3H3. The molecule has 26 heavy (non-hydrogen) atoms. The van der Waals surface area contributed by atoms with E-state index >= 15 is 0 Å². The Morgan fingerprint density at radius 2 is 1.54 bits per heavy atom. The van der Waals surface area contributed by atoms with Gasteiger partial charge in [0.2, 0.25) is 11.5 Å². The number of hydrogen-bond acceptors (Lipinski definition) is 8. The minimum absolute atomic E-state index is 0.0119. The maximum absolute atomic E-state index is 12.5. The number of phenolic OH excluding ortho intramolecular Hbond substituents is 3. The predicted molar refractivity (Wildman–Crippen MR) is 92.6 cm³/mol. The second-order valence-corrected chi connectivity index (χ2v) is 5.35. The Bertz CT molecular complexity index is 1050. The largest absolute Gasteiger partial charge is 0.504 e. The van der Waals surface area contributed by atoms with Gasteiger partial charge in [-0.15, -0.1) is 0 Å². The van der Waals surface area contributed by atoms with Gasteiger partial charge in [-0.1, -0.05) is 0 Å². The van der Waals surface area contributed by atoms with Crippen LogP contribution in [0.5, 0.6) is 34.5 Å². The maximum Gasteiger partial charge on any atom is 0.204 e. The molecule has 0 aliphatic carbocycles. The van der Waals surface area contributed by atoms with Gasteiger partial charge < -0.3 is 33.9 Å². The fourth-order valence-electron chi connectivity index (χ4n) is 2.64. The summed E-state index contributed by atoms with van der Waals surface area (Å²) < 4.78 is 20.9. The number of hydrogen-bond donors (Lipinski definition) is 3. The summed E-state index contributed by atoms with van der Waals surface area (Å²) in [5.41, 5.74) is -0.161. The molecule has 0 radical (unpaired) electrons. The summed E-state index contributed by atoms with van der Waals surface area (Å²) in [4.78, 5) is 12.5. The van der Waals surface area contributed by atoms with E-state index in [9.17, 15) is 20.1 Å². The molecule has 0 aliphatic rings. The molecule has 0 bridgehead atoms. The van der Waals surface area contributed by atoms with Crippen LogP contribution in [0.3, 0.4) is 0 Å². The van der Waals surface area contributed by atoms with E-state index in [4.69, 9.17) is 18.6 Å². The fraction of sp³-hybridized carbons (Fsp3) is 0.167. The summed E-state index contributed by atoms with van der Waals surface area (Å²) in [7, 11) is 4.04. The maximum atomic E-state index is 12.5. The van der Waals surface area contributed by atoms with Crippen LogP contribution in [-0.2, 0) is 0 Å². The highest BCUT2D eigenvalue weighted by molar-refractivity contribution is 5.89. The van der Waals surface area contributed by atoms with Gasteiger partial charge >= 0.3 is 0 Å². The van der Waals surface area contributed by atoms with Crippen molar-refractivity contribution in [2.45, 2.75) is 0 Å². The molecule has 1 aromatic heterocycles. The van der Waals surface area contributed by atoms with E-state index in [1.807, 2.05) is 0 Å². The van der Waals surface area contributed by atoms with E-state index in [0.717, 1.165) is 6.07 Å². The van der Waals surface area contributed by atoms with Gasteiger partial charge in [-0.25, -0.2) is 0 Å². The zero-order chi connectivity index (χ0) is 19.0. The van der Waals surface area contributed by atoms with Crippen molar-refractivity contribution in [2.24, 2.45) is 0 Å². The predicted octanol–water partition coefficient (Wildman–Crippen LogP) is 2.60. The van der Waals surface area contributed by atoms with Gasteiger partial charge in [0.05, 0.1) is 21.3 Å². The molecule has 3 rings (SSSR count). The molecule has 8 heteroatoms. The van der Waals surface area contributed by atoms with Crippen LogP contribution in [0, 0.1) is 0 Å². The van der Waals surface area contributed by atoms with Crippen LogP contribution in [-0.4, -0.2) is 36.6 Å². The van der Waals surface area contributed by atoms with Crippen LogP contribution in [0.2, 0.25) is 0 Å². The topological polar surface area (TPSA) is 119 Å². The molecule has 136 valence electrons. The number of phenols is 3. The first-order valence-electron chi connectivity index (χ1n) is 7.43. The average molecular weight is 360 g/mol. The summed E-state index contributed by atoms with van der Waals surface area (Å²) in [5.74, 6) is -0.942. The lowest BCUT2D eigenvalue weighted by Crippen LogP contribution is -2.03.